The minimum Gasteiger partial charge on any atom is -0.319 e. The number of rotatable bonds is 4. The van der Waals surface area contributed by atoms with E-state index in [-0.39, 0.29) is 5.82 Å². The third-order valence-corrected chi connectivity index (χ3v) is 3.84. The maximum atomic E-state index is 14.0. The standard InChI is InChI=1S/C13H11ClFN3S/c14-5-4-11-17-10-3-1-2-9(15)13(10)18(11)8-12-16-6-7-19-12/h1-3,6-7H,4-5,8H2. The van der Waals surface area contributed by atoms with Crippen LogP contribution < -0.4 is 0 Å². The predicted molar refractivity (Wildman–Crippen MR) is 75.3 cm³/mol. The number of nitrogens with zero attached hydrogens (tertiary/aromatic N) is 3. The van der Waals surface area contributed by atoms with Crippen molar-refractivity contribution in [1.82, 2.24) is 14.5 Å². The molecule has 3 nitrogen and oxygen atoms in total. The van der Waals surface area contributed by atoms with E-state index < -0.39 is 0 Å². The number of imidazole rings is 1. The van der Waals surface area contributed by atoms with Crippen molar-refractivity contribution in [2.24, 2.45) is 0 Å². The van der Waals surface area contributed by atoms with Gasteiger partial charge in [0.2, 0.25) is 0 Å². The Balaban J connectivity index is 2.15. The molecule has 19 heavy (non-hydrogen) atoms. The normalized spacial score (nSPS) is 11.3. The Morgan fingerprint density at radius 3 is 3.00 bits per heavy atom. The molecule has 2 aromatic heterocycles. The lowest BCUT2D eigenvalue weighted by molar-refractivity contribution is 0.624. The van der Waals surface area contributed by atoms with Crippen molar-refractivity contribution < 1.29 is 4.39 Å². The van der Waals surface area contributed by atoms with Gasteiger partial charge in [-0.2, -0.15) is 0 Å². The van der Waals surface area contributed by atoms with Crippen LogP contribution in [0.4, 0.5) is 4.39 Å². The van der Waals surface area contributed by atoms with E-state index in [1.165, 1.54) is 6.07 Å². The van der Waals surface area contributed by atoms with E-state index in [4.69, 9.17) is 11.6 Å². The van der Waals surface area contributed by atoms with E-state index in [1.807, 2.05) is 16.0 Å². The highest BCUT2D eigenvalue weighted by molar-refractivity contribution is 7.09. The van der Waals surface area contributed by atoms with Gasteiger partial charge in [-0.3, -0.25) is 0 Å². The molecule has 0 amide bonds. The topological polar surface area (TPSA) is 30.7 Å². The number of aryl methyl sites for hydroxylation is 1. The number of aromatic nitrogens is 3. The molecule has 0 atom stereocenters. The van der Waals surface area contributed by atoms with Crippen LogP contribution in [0.1, 0.15) is 10.8 Å². The van der Waals surface area contributed by atoms with Gasteiger partial charge in [0.1, 0.15) is 22.2 Å². The van der Waals surface area contributed by atoms with Crippen LogP contribution in [0, 0.1) is 5.82 Å². The highest BCUT2D eigenvalue weighted by Gasteiger charge is 2.14. The molecule has 2 heterocycles. The number of halogens is 2. The molecule has 0 aliphatic rings. The van der Waals surface area contributed by atoms with Gasteiger partial charge in [-0.05, 0) is 12.1 Å². The Labute approximate surface area is 118 Å². The summed E-state index contributed by atoms with van der Waals surface area (Å²) in [6.07, 6.45) is 2.36. The zero-order chi connectivity index (χ0) is 13.2. The van der Waals surface area contributed by atoms with Crippen LogP contribution >= 0.6 is 22.9 Å². The second kappa shape index (κ2) is 5.27. The summed E-state index contributed by atoms with van der Waals surface area (Å²) < 4.78 is 15.9. The average Bonchev–Trinajstić information content (AvgIpc) is 3.00. The fraction of sp³-hybridized carbons (Fsp3) is 0.231. The number of alkyl halides is 1. The fourth-order valence-corrected chi connectivity index (χ4v) is 2.88. The van der Waals surface area contributed by atoms with Crippen LogP contribution in [0.5, 0.6) is 0 Å². The fourth-order valence-electron chi connectivity index (χ4n) is 2.10. The summed E-state index contributed by atoms with van der Waals surface area (Å²) in [6, 6.07) is 4.93. The van der Waals surface area contributed by atoms with Crippen molar-refractivity contribution >= 4 is 34.0 Å². The van der Waals surface area contributed by atoms with Crippen LogP contribution in [0.2, 0.25) is 0 Å². The Hall–Kier alpha value is -1.46. The Morgan fingerprint density at radius 1 is 1.37 bits per heavy atom. The number of para-hydroxylation sites is 1. The number of hydrogen-bond acceptors (Lipinski definition) is 3. The van der Waals surface area contributed by atoms with E-state index in [9.17, 15) is 4.39 Å². The molecule has 0 unspecified atom stereocenters. The number of fused-ring (bicyclic) bond motifs is 1. The Bertz CT molecular complexity index is 693. The minimum absolute atomic E-state index is 0.262. The van der Waals surface area contributed by atoms with Gasteiger partial charge in [0, 0.05) is 23.9 Å². The number of thiazole rings is 1. The molecule has 0 fully saturated rings. The summed E-state index contributed by atoms with van der Waals surface area (Å²) in [5.74, 6) is 0.996. The predicted octanol–water partition coefficient (Wildman–Crippen LogP) is 3.46. The summed E-state index contributed by atoms with van der Waals surface area (Å²) in [6.45, 7) is 0.529. The molecule has 1 aromatic carbocycles. The summed E-state index contributed by atoms with van der Waals surface area (Å²) in [4.78, 5) is 8.70. The third-order valence-electron chi connectivity index (χ3n) is 2.89. The molecule has 98 valence electrons. The second-order valence-corrected chi connectivity index (χ2v) is 5.44. The first-order chi connectivity index (χ1) is 9.29. The first kappa shape index (κ1) is 12.6. The van der Waals surface area contributed by atoms with Crippen LogP contribution in [-0.4, -0.2) is 20.4 Å². The molecule has 3 aromatic rings. The van der Waals surface area contributed by atoms with Gasteiger partial charge in [0.15, 0.2) is 0 Å². The maximum absolute atomic E-state index is 14.0. The number of hydrogen-bond donors (Lipinski definition) is 0. The second-order valence-electron chi connectivity index (χ2n) is 4.09. The molecule has 3 rings (SSSR count). The van der Waals surface area contributed by atoms with E-state index >= 15 is 0 Å². The average molecular weight is 296 g/mol. The van der Waals surface area contributed by atoms with Crippen LogP contribution in [0.25, 0.3) is 11.0 Å². The summed E-state index contributed by atoms with van der Waals surface area (Å²) >= 11 is 7.34. The SMILES string of the molecule is Fc1cccc2nc(CCCl)n(Cc3nccs3)c12. The largest absolute Gasteiger partial charge is 0.319 e. The van der Waals surface area contributed by atoms with Gasteiger partial charge >= 0.3 is 0 Å². The van der Waals surface area contributed by atoms with Gasteiger partial charge in [-0.25, -0.2) is 14.4 Å². The zero-order valence-corrected chi connectivity index (χ0v) is 11.6. The maximum Gasteiger partial charge on any atom is 0.149 e. The van der Waals surface area contributed by atoms with E-state index in [2.05, 4.69) is 9.97 Å². The highest BCUT2D eigenvalue weighted by atomic mass is 35.5. The molecule has 0 radical (unpaired) electrons. The molecule has 0 spiro atoms. The van der Waals surface area contributed by atoms with Gasteiger partial charge in [0.25, 0.3) is 0 Å². The summed E-state index contributed by atoms with van der Waals surface area (Å²) in [5.41, 5.74) is 1.19. The quantitative estimate of drug-likeness (QED) is 0.690. The van der Waals surface area contributed by atoms with Crippen LogP contribution in [-0.2, 0) is 13.0 Å². The third kappa shape index (κ3) is 2.35. The zero-order valence-electron chi connectivity index (χ0n) is 10.0. The molecule has 0 aliphatic carbocycles. The van der Waals surface area contributed by atoms with Gasteiger partial charge in [0.05, 0.1) is 12.1 Å². The minimum atomic E-state index is -0.262. The highest BCUT2D eigenvalue weighted by Crippen LogP contribution is 2.22. The molecule has 0 saturated carbocycles. The molecule has 0 N–H and O–H groups in total. The van der Waals surface area contributed by atoms with Crippen molar-refractivity contribution in [2.45, 2.75) is 13.0 Å². The smallest absolute Gasteiger partial charge is 0.149 e. The van der Waals surface area contributed by atoms with E-state index in [1.54, 1.807) is 23.6 Å². The molecule has 0 bridgehead atoms. The lowest BCUT2D eigenvalue weighted by Crippen LogP contribution is -2.06. The first-order valence-corrected chi connectivity index (χ1v) is 7.29. The summed E-state index contributed by atoms with van der Waals surface area (Å²) in [7, 11) is 0. The molecule has 6 heteroatoms. The van der Waals surface area contributed by atoms with Crippen LogP contribution in [0.3, 0.4) is 0 Å². The Morgan fingerprint density at radius 2 is 2.26 bits per heavy atom. The summed E-state index contributed by atoms with van der Waals surface area (Å²) in [5, 5.41) is 2.84. The van der Waals surface area contributed by atoms with Crippen LogP contribution in [0.15, 0.2) is 29.8 Å². The van der Waals surface area contributed by atoms with Crippen molar-refractivity contribution in [2.75, 3.05) is 5.88 Å². The molecular formula is C13H11ClFN3S. The molecule has 0 aliphatic heterocycles. The Kier molecular flexibility index (Phi) is 3.48. The van der Waals surface area contributed by atoms with Crippen molar-refractivity contribution in [3.05, 3.63) is 46.4 Å². The van der Waals surface area contributed by atoms with Gasteiger partial charge < -0.3 is 4.57 Å². The van der Waals surface area contributed by atoms with Crippen molar-refractivity contribution in [1.29, 1.82) is 0 Å². The lowest BCUT2D eigenvalue weighted by Gasteiger charge is -2.06. The van der Waals surface area contributed by atoms with E-state index in [0.29, 0.717) is 29.9 Å². The van der Waals surface area contributed by atoms with Gasteiger partial charge in [-0.15, -0.1) is 22.9 Å². The number of benzene rings is 1. The van der Waals surface area contributed by atoms with Crippen molar-refractivity contribution in [3.63, 3.8) is 0 Å². The van der Waals surface area contributed by atoms with Crippen molar-refractivity contribution in [3.8, 4) is 0 Å². The lowest BCUT2D eigenvalue weighted by atomic mass is 10.3. The van der Waals surface area contributed by atoms with Gasteiger partial charge in [-0.1, -0.05) is 6.07 Å². The van der Waals surface area contributed by atoms with E-state index in [0.717, 1.165) is 10.8 Å². The first-order valence-electron chi connectivity index (χ1n) is 5.87. The monoisotopic (exact) mass is 295 g/mol. The molecule has 0 saturated heterocycles. The molecular weight excluding hydrogens is 285 g/mol.